The van der Waals surface area contributed by atoms with E-state index in [0.29, 0.717) is 12.5 Å². The molecule has 0 aliphatic heterocycles. The van der Waals surface area contributed by atoms with Gasteiger partial charge in [-0.15, -0.1) is 12.4 Å². The van der Waals surface area contributed by atoms with Crippen LogP contribution in [0.2, 0.25) is 0 Å². The van der Waals surface area contributed by atoms with Crippen LogP contribution >= 0.6 is 12.4 Å². The molecule has 2 unspecified atom stereocenters. The zero-order valence-electron chi connectivity index (χ0n) is 11.5. The van der Waals surface area contributed by atoms with Crippen molar-refractivity contribution in [3.05, 3.63) is 0 Å². The molecule has 0 aromatic carbocycles. The molecule has 0 radical (unpaired) electrons. The molecule has 3 N–H and O–H groups in total. The first-order chi connectivity index (χ1) is 8.09. The SMILES string of the molecule is CC(C)COCCCNC(=O)C1CCC(N)C1.Cl. The highest BCUT2D eigenvalue weighted by molar-refractivity contribution is 5.85. The van der Waals surface area contributed by atoms with Crippen molar-refractivity contribution in [1.29, 1.82) is 0 Å². The maximum Gasteiger partial charge on any atom is 0.223 e. The van der Waals surface area contributed by atoms with E-state index < -0.39 is 0 Å². The van der Waals surface area contributed by atoms with Crippen molar-refractivity contribution in [3.8, 4) is 0 Å². The number of nitrogens with two attached hydrogens (primary N) is 1. The Morgan fingerprint density at radius 1 is 1.44 bits per heavy atom. The summed E-state index contributed by atoms with van der Waals surface area (Å²) < 4.78 is 5.45. The number of hydrogen-bond donors (Lipinski definition) is 2. The maximum absolute atomic E-state index is 11.7. The summed E-state index contributed by atoms with van der Waals surface area (Å²) in [6, 6.07) is 0.222. The van der Waals surface area contributed by atoms with E-state index in [1.54, 1.807) is 0 Å². The Morgan fingerprint density at radius 3 is 2.72 bits per heavy atom. The second kappa shape index (κ2) is 9.59. The average molecular weight is 279 g/mol. The topological polar surface area (TPSA) is 64.3 Å². The summed E-state index contributed by atoms with van der Waals surface area (Å²) in [7, 11) is 0. The number of carbonyl (C=O) groups is 1. The molecule has 108 valence electrons. The summed E-state index contributed by atoms with van der Waals surface area (Å²) in [5.41, 5.74) is 5.79. The molecule has 1 fully saturated rings. The quantitative estimate of drug-likeness (QED) is 0.697. The first-order valence-corrected chi connectivity index (χ1v) is 6.70. The van der Waals surface area contributed by atoms with E-state index in [2.05, 4.69) is 19.2 Å². The highest BCUT2D eigenvalue weighted by Gasteiger charge is 2.27. The van der Waals surface area contributed by atoms with E-state index >= 15 is 0 Å². The molecule has 2 atom stereocenters. The van der Waals surface area contributed by atoms with Gasteiger partial charge in [-0.05, 0) is 31.6 Å². The van der Waals surface area contributed by atoms with Gasteiger partial charge in [-0.1, -0.05) is 13.8 Å². The molecule has 18 heavy (non-hydrogen) atoms. The first-order valence-electron chi connectivity index (χ1n) is 6.70. The lowest BCUT2D eigenvalue weighted by Crippen LogP contribution is -2.31. The fourth-order valence-corrected chi connectivity index (χ4v) is 2.10. The lowest BCUT2D eigenvalue weighted by Gasteiger charge is -2.11. The molecule has 5 heteroatoms. The number of nitrogens with one attached hydrogen (secondary N) is 1. The standard InChI is InChI=1S/C13H26N2O2.ClH/c1-10(2)9-17-7-3-6-15-13(16)11-4-5-12(14)8-11;/h10-12H,3-9,14H2,1-2H3,(H,15,16);1H. The Kier molecular flexibility index (Phi) is 9.42. The second-order valence-corrected chi connectivity index (χ2v) is 5.38. The van der Waals surface area contributed by atoms with Crippen molar-refractivity contribution in [2.75, 3.05) is 19.8 Å². The molecule has 1 aliphatic rings. The van der Waals surface area contributed by atoms with Crippen molar-refractivity contribution < 1.29 is 9.53 Å². The summed E-state index contributed by atoms with van der Waals surface area (Å²) in [6.07, 6.45) is 3.65. The molecule has 0 aromatic rings. The van der Waals surface area contributed by atoms with Crippen LogP contribution in [-0.2, 0) is 9.53 Å². The minimum Gasteiger partial charge on any atom is -0.381 e. The predicted molar refractivity (Wildman–Crippen MR) is 75.8 cm³/mol. The van der Waals surface area contributed by atoms with Crippen LogP contribution in [-0.4, -0.2) is 31.7 Å². The lowest BCUT2D eigenvalue weighted by molar-refractivity contribution is -0.124. The van der Waals surface area contributed by atoms with Crippen molar-refractivity contribution in [2.24, 2.45) is 17.6 Å². The number of ether oxygens (including phenoxy) is 1. The smallest absolute Gasteiger partial charge is 0.223 e. The number of carbonyl (C=O) groups excluding carboxylic acids is 1. The van der Waals surface area contributed by atoms with Crippen LogP contribution < -0.4 is 11.1 Å². The van der Waals surface area contributed by atoms with Gasteiger partial charge in [0.1, 0.15) is 0 Å². The molecule has 0 aromatic heterocycles. The third-order valence-electron chi connectivity index (χ3n) is 3.06. The Morgan fingerprint density at radius 2 is 2.17 bits per heavy atom. The molecule has 0 heterocycles. The van der Waals surface area contributed by atoms with E-state index in [9.17, 15) is 4.79 Å². The van der Waals surface area contributed by atoms with Gasteiger partial charge in [-0.3, -0.25) is 4.79 Å². The summed E-state index contributed by atoms with van der Waals surface area (Å²) in [4.78, 5) is 11.7. The molecule has 1 amide bonds. The van der Waals surface area contributed by atoms with Crippen molar-refractivity contribution >= 4 is 18.3 Å². The van der Waals surface area contributed by atoms with Crippen LogP contribution in [0, 0.1) is 11.8 Å². The highest BCUT2D eigenvalue weighted by atomic mass is 35.5. The third-order valence-corrected chi connectivity index (χ3v) is 3.06. The van der Waals surface area contributed by atoms with Crippen LogP contribution in [0.15, 0.2) is 0 Å². The summed E-state index contributed by atoms with van der Waals surface area (Å²) >= 11 is 0. The summed E-state index contributed by atoms with van der Waals surface area (Å²) in [6.45, 7) is 6.49. The molecule has 1 saturated carbocycles. The van der Waals surface area contributed by atoms with Gasteiger partial charge in [0.2, 0.25) is 5.91 Å². The highest BCUT2D eigenvalue weighted by Crippen LogP contribution is 2.23. The van der Waals surface area contributed by atoms with E-state index in [1.165, 1.54) is 0 Å². The van der Waals surface area contributed by atoms with Crippen LogP contribution in [0.3, 0.4) is 0 Å². The van der Waals surface area contributed by atoms with E-state index in [4.69, 9.17) is 10.5 Å². The van der Waals surface area contributed by atoms with Crippen LogP contribution in [0.5, 0.6) is 0 Å². The summed E-state index contributed by atoms with van der Waals surface area (Å²) in [5, 5.41) is 2.96. The zero-order chi connectivity index (χ0) is 12.7. The average Bonchev–Trinajstić information content (AvgIpc) is 2.69. The Labute approximate surface area is 116 Å². The van der Waals surface area contributed by atoms with Crippen LogP contribution in [0.25, 0.3) is 0 Å². The monoisotopic (exact) mass is 278 g/mol. The number of amides is 1. The molecular weight excluding hydrogens is 252 g/mol. The molecule has 1 rings (SSSR count). The van der Waals surface area contributed by atoms with Gasteiger partial charge in [-0.2, -0.15) is 0 Å². The molecule has 0 saturated heterocycles. The van der Waals surface area contributed by atoms with Gasteiger partial charge >= 0.3 is 0 Å². The van der Waals surface area contributed by atoms with Crippen molar-refractivity contribution in [1.82, 2.24) is 5.32 Å². The van der Waals surface area contributed by atoms with Gasteiger partial charge in [0.25, 0.3) is 0 Å². The Bertz CT molecular complexity index is 237. The zero-order valence-corrected chi connectivity index (χ0v) is 12.3. The van der Waals surface area contributed by atoms with Crippen LogP contribution in [0.1, 0.15) is 39.5 Å². The molecule has 0 bridgehead atoms. The number of halogens is 1. The predicted octanol–water partition coefficient (Wildman–Crippen LogP) is 1.71. The first kappa shape index (κ1) is 17.7. The van der Waals surface area contributed by atoms with Gasteiger partial charge in [0.05, 0.1) is 0 Å². The van der Waals surface area contributed by atoms with Crippen LogP contribution in [0.4, 0.5) is 0 Å². The largest absolute Gasteiger partial charge is 0.381 e. The normalized spacial score (nSPS) is 22.9. The molecule has 4 nitrogen and oxygen atoms in total. The minimum absolute atomic E-state index is 0. The lowest BCUT2D eigenvalue weighted by atomic mass is 10.1. The molecular formula is C13H27ClN2O2. The number of rotatable bonds is 7. The van der Waals surface area contributed by atoms with E-state index in [1.807, 2.05) is 0 Å². The van der Waals surface area contributed by atoms with Crippen molar-refractivity contribution in [2.45, 2.75) is 45.6 Å². The molecule has 1 aliphatic carbocycles. The van der Waals surface area contributed by atoms with Gasteiger partial charge in [0.15, 0.2) is 0 Å². The van der Waals surface area contributed by atoms with E-state index in [-0.39, 0.29) is 30.3 Å². The van der Waals surface area contributed by atoms with Gasteiger partial charge in [-0.25, -0.2) is 0 Å². The second-order valence-electron chi connectivity index (χ2n) is 5.38. The molecule has 0 spiro atoms. The fraction of sp³-hybridized carbons (Fsp3) is 0.923. The van der Waals surface area contributed by atoms with Crippen molar-refractivity contribution in [3.63, 3.8) is 0 Å². The Hall–Kier alpha value is -0.320. The summed E-state index contributed by atoms with van der Waals surface area (Å²) in [5.74, 6) is 0.882. The van der Waals surface area contributed by atoms with Gasteiger partial charge < -0.3 is 15.8 Å². The third kappa shape index (κ3) is 7.19. The fourth-order valence-electron chi connectivity index (χ4n) is 2.10. The Balaban J connectivity index is 0.00000289. The number of hydrogen-bond acceptors (Lipinski definition) is 3. The van der Waals surface area contributed by atoms with Gasteiger partial charge in [0, 0.05) is 31.7 Å². The minimum atomic E-state index is 0. The van der Waals surface area contributed by atoms with E-state index in [0.717, 1.165) is 38.9 Å². The maximum atomic E-state index is 11.7.